The van der Waals surface area contributed by atoms with Gasteiger partial charge in [0.1, 0.15) is 0 Å². The van der Waals surface area contributed by atoms with Crippen molar-refractivity contribution >= 4 is 44.2 Å². The SMILES string of the molecule is N#Cc1ccc(S(=O)(=O)N2CCC(C(=O)Nc3ccccc3I)CC2)cc1. The maximum atomic E-state index is 12.7. The number of nitrogens with zero attached hydrogens (tertiary/aromatic N) is 2. The van der Waals surface area contributed by atoms with E-state index in [9.17, 15) is 13.2 Å². The predicted octanol–water partition coefficient (Wildman–Crippen LogP) is 3.20. The number of halogens is 1. The van der Waals surface area contributed by atoms with E-state index in [-0.39, 0.29) is 16.7 Å². The number of hydrogen-bond donors (Lipinski definition) is 1. The summed E-state index contributed by atoms with van der Waals surface area (Å²) in [6.07, 6.45) is 0.954. The molecule has 1 aliphatic rings. The first-order valence-corrected chi connectivity index (χ1v) is 11.0. The largest absolute Gasteiger partial charge is 0.325 e. The second-order valence-electron chi connectivity index (χ2n) is 6.28. The lowest BCUT2D eigenvalue weighted by atomic mass is 9.97. The van der Waals surface area contributed by atoms with Crippen LogP contribution in [0.2, 0.25) is 0 Å². The van der Waals surface area contributed by atoms with E-state index in [2.05, 4.69) is 27.9 Å². The zero-order valence-electron chi connectivity index (χ0n) is 14.4. The van der Waals surface area contributed by atoms with Gasteiger partial charge in [-0.05, 0) is 71.8 Å². The van der Waals surface area contributed by atoms with Crippen LogP contribution < -0.4 is 5.32 Å². The van der Waals surface area contributed by atoms with E-state index >= 15 is 0 Å². The van der Waals surface area contributed by atoms with Crippen LogP contribution >= 0.6 is 22.6 Å². The molecule has 1 fully saturated rings. The highest BCUT2D eigenvalue weighted by molar-refractivity contribution is 14.1. The van der Waals surface area contributed by atoms with Crippen molar-refractivity contribution < 1.29 is 13.2 Å². The Kier molecular flexibility index (Phi) is 6.14. The van der Waals surface area contributed by atoms with Crippen molar-refractivity contribution in [2.45, 2.75) is 17.7 Å². The summed E-state index contributed by atoms with van der Waals surface area (Å²) in [6, 6.07) is 15.4. The summed E-state index contributed by atoms with van der Waals surface area (Å²) in [5, 5.41) is 11.8. The molecule has 1 saturated heterocycles. The minimum atomic E-state index is -3.61. The molecule has 0 unspecified atom stereocenters. The molecule has 1 aliphatic heterocycles. The van der Waals surface area contributed by atoms with Gasteiger partial charge in [0.15, 0.2) is 0 Å². The first kappa shape index (κ1) is 19.8. The molecule has 0 bridgehead atoms. The quantitative estimate of drug-likeness (QED) is 0.660. The molecule has 0 spiro atoms. The Bertz CT molecular complexity index is 976. The number of benzene rings is 2. The molecule has 0 radical (unpaired) electrons. The Morgan fingerprint density at radius 2 is 1.74 bits per heavy atom. The van der Waals surface area contributed by atoms with Gasteiger partial charge in [-0.25, -0.2) is 8.42 Å². The lowest BCUT2D eigenvalue weighted by Crippen LogP contribution is -2.41. The molecule has 6 nitrogen and oxygen atoms in total. The number of anilines is 1. The van der Waals surface area contributed by atoms with Gasteiger partial charge in [0.2, 0.25) is 15.9 Å². The van der Waals surface area contributed by atoms with Gasteiger partial charge in [0, 0.05) is 22.6 Å². The molecule has 27 heavy (non-hydrogen) atoms. The smallest absolute Gasteiger partial charge is 0.243 e. The minimum absolute atomic E-state index is 0.0745. The zero-order chi connectivity index (χ0) is 19.4. The van der Waals surface area contributed by atoms with Crippen LogP contribution in [0.3, 0.4) is 0 Å². The van der Waals surface area contributed by atoms with Crippen molar-refractivity contribution in [3.63, 3.8) is 0 Å². The van der Waals surface area contributed by atoms with Crippen molar-refractivity contribution in [1.82, 2.24) is 4.31 Å². The summed E-state index contributed by atoms with van der Waals surface area (Å²) in [6.45, 7) is 0.596. The summed E-state index contributed by atoms with van der Waals surface area (Å²) in [7, 11) is -3.61. The molecule has 140 valence electrons. The molecule has 2 aromatic rings. The van der Waals surface area contributed by atoms with E-state index in [1.807, 2.05) is 30.3 Å². The van der Waals surface area contributed by atoms with Crippen LogP contribution in [0, 0.1) is 20.8 Å². The van der Waals surface area contributed by atoms with Gasteiger partial charge >= 0.3 is 0 Å². The maximum absolute atomic E-state index is 12.7. The minimum Gasteiger partial charge on any atom is -0.325 e. The second-order valence-corrected chi connectivity index (χ2v) is 9.38. The maximum Gasteiger partial charge on any atom is 0.243 e. The van der Waals surface area contributed by atoms with E-state index in [0.717, 1.165) is 9.26 Å². The lowest BCUT2D eigenvalue weighted by Gasteiger charge is -2.30. The van der Waals surface area contributed by atoms with Crippen molar-refractivity contribution in [3.8, 4) is 6.07 Å². The van der Waals surface area contributed by atoms with E-state index in [1.165, 1.54) is 28.6 Å². The number of nitrogens with one attached hydrogen (secondary N) is 1. The zero-order valence-corrected chi connectivity index (χ0v) is 17.4. The number of carbonyl (C=O) groups excluding carboxylic acids is 1. The van der Waals surface area contributed by atoms with Gasteiger partial charge < -0.3 is 5.32 Å². The molecule has 1 N–H and O–H groups in total. The molecular weight excluding hydrogens is 477 g/mol. The fourth-order valence-corrected chi connectivity index (χ4v) is 5.00. The third-order valence-corrected chi connectivity index (χ3v) is 7.43. The van der Waals surface area contributed by atoms with Crippen LogP contribution in [0.4, 0.5) is 5.69 Å². The molecule has 1 amide bonds. The lowest BCUT2D eigenvalue weighted by molar-refractivity contribution is -0.120. The highest BCUT2D eigenvalue weighted by Gasteiger charge is 2.32. The van der Waals surface area contributed by atoms with Gasteiger partial charge in [-0.15, -0.1) is 0 Å². The standard InChI is InChI=1S/C19H18IN3O3S/c20-17-3-1-2-4-18(17)22-19(24)15-9-11-23(12-10-15)27(25,26)16-7-5-14(13-21)6-8-16/h1-8,15H,9-12H2,(H,22,24). The number of carbonyl (C=O) groups is 1. The number of nitriles is 1. The Morgan fingerprint density at radius 3 is 2.33 bits per heavy atom. The summed E-state index contributed by atoms with van der Waals surface area (Å²) in [5.74, 6) is -0.289. The second kappa shape index (κ2) is 8.37. The van der Waals surface area contributed by atoms with Crippen LogP contribution in [-0.2, 0) is 14.8 Å². The van der Waals surface area contributed by atoms with Gasteiger partial charge in [0.05, 0.1) is 22.2 Å². The number of amides is 1. The van der Waals surface area contributed by atoms with Crippen LogP contribution in [0.5, 0.6) is 0 Å². The Hall–Kier alpha value is -1.96. The number of piperidine rings is 1. The topological polar surface area (TPSA) is 90.3 Å². The average molecular weight is 495 g/mol. The van der Waals surface area contributed by atoms with Gasteiger partial charge in [-0.2, -0.15) is 9.57 Å². The van der Waals surface area contributed by atoms with Crippen molar-refractivity contribution in [2.24, 2.45) is 5.92 Å². The Morgan fingerprint density at radius 1 is 1.11 bits per heavy atom. The molecular formula is C19H18IN3O3S. The summed E-state index contributed by atoms with van der Waals surface area (Å²) >= 11 is 2.17. The van der Waals surface area contributed by atoms with Crippen LogP contribution in [0.15, 0.2) is 53.4 Å². The van der Waals surface area contributed by atoms with Gasteiger partial charge in [-0.1, -0.05) is 12.1 Å². The van der Waals surface area contributed by atoms with Crippen LogP contribution in [0.25, 0.3) is 0 Å². The Balaban J connectivity index is 1.63. The molecule has 0 saturated carbocycles. The van der Waals surface area contributed by atoms with E-state index in [4.69, 9.17) is 5.26 Å². The number of hydrogen-bond acceptors (Lipinski definition) is 4. The van der Waals surface area contributed by atoms with E-state index in [1.54, 1.807) is 0 Å². The number of sulfonamides is 1. The molecule has 0 aliphatic carbocycles. The number of rotatable bonds is 4. The molecule has 2 aromatic carbocycles. The molecule has 3 rings (SSSR count). The highest BCUT2D eigenvalue weighted by Crippen LogP contribution is 2.26. The van der Waals surface area contributed by atoms with Crippen molar-refractivity contribution in [1.29, 1.82) is 5.26 Å². The predicted molar refractivity (Wildman–Crippen MR) is 110 cm³/mol. The fraction of sp³-hybridized carbons (Fsp3) is 0.263. The van der Waals surface area contributed by atoms with Gasteiger partial charge in [0.25, 0.3) is 0 Å². The summed E-state index contributed by atoms with van der Waals surface area (Å²) in [5.41, 5.74) is 1.19. The molecule has 8 heteroatoms. The monoisotopic (exact) mass is 495 g/mol. The first-order chi connectivity index (χ1) is 12.9. The third-order valence-electron chi connectivity index (χ3n) is 4.58. The highest BCUT2D eigenvalue weighted by atomic mass is 127. The van der Waals surface area contributed by atoms with E-state index < -0.39 is 10.0 Å². The van der Waals surface area contributed by atoms with Crippen LogP contribution in [-0.4, -0.2) is 31.7 Å². The molecule has 0 aromatic heterocycles. The summed E-state index contributed by atoms with van der Waals surface area (Å²) < 4.78 is 27.9. The first-order valence-electron chi connectivity index (χ1n) is 8.47. The number of para-hydroxylation sites is 1. The van der Waals surface area contributed by atoms with E-state index in [0.29, 0.717) is 31.5 Å². The van der Waals surface area contributed by atoms with Crippen molar-refractivity contribution in [2.75, 3.05) is 18.4 Å². The Labute approximate surface area is 172 Å². The third kappa shape index (κ3) is 4.48. The molecule has 0 atom stereocenters. The fourth-order valence-electron chi connectivity index (χ4n) is 3.01. The molecule has 1 heterocycles. The van der Waals surface area contributed by atoms with Crippen LogP contribution in [0.1, 0.15) is 18.4 Å². The summed E-state index contributed by atoms with van der Waals surface area (Å²) in [4.78, 5) is 12.7. The average Bonchev–Trinajstić information content (AvgIpc) is 2.70. The normalized spacial score (nSPS) is 15.9. The van der Waals surface area contributed by atoms with Crippen molar-refractivity contribution in [3.05, 3.63) is 57.7 Å². The van der Waals surface area contributed by atoms with Gasteiger partial charge in [-0.3, -0.25) is 4.79 Å².